The van der Waals surface area contributed by atoms with Gasteiger partial charge in [-0.1, -0.05) is 37.3 Å². The minimum atomic E-state index is -0.663. The molecule has 0 saturated carbocycles. The molecule has 1 saturated heterocycles. The second kappa shape index (κ2) is 9.78. The molecule has 3 rings (SSSR count). The lowest BCUT2D eigenvalue weighted by Crippen LogP contribution is -2.26. The molecule has 31 heavy (non-hydrogen) atoms. The number of amides is 3. The first-order valence-corrected chi connectivity index (χ1v) is 10.8. The third-order valence-electron chi connectivity index (χ3n) is 5.06. The number of thioether (sulfide) groups is 1. The van der Waals surface area contributed by atoms with E-state index >= 15 is 0 Å². The molecule has 1 heterocycles. The minimum absolute atomic E-state index is 0.0853. The molecule has 1 fully saturated rings. The van der Waals surface area contributed by atoms with E-state index < -0.39 is 23.7 Å². The van der Waals surface area contributed by atoms with Gasteiger partial charge in [0.15, 0.2) is 6.61 Å². The van der Waals surface area contributed by atoms with Crippen LogP contribution in [0.1, 0.15) is 34.8 Å². The van der Waals surface area contributed by atoms with Crippen molar-refractivity contribution in [3.05, 3.63) is 59.2 Å². The van der Waals surface area contributed by atoms with E-state index in [-0.39, 0.29) is 23.8 Å². The van der Waals surface area contributed by atoms with Crippen molar-refractivity contribution in [2.75, 3.05) is 19.0 Å². The molecule has 0 radical (unpaired) electrons. The van der Waals surface area contributed by atoms with E-state index in [0.29, 0.717) is 4.90 Å². The number of imide groups is 1. The smallest absolute Gasteiger partial charge is 0.339 e. The van der Waals surface area contributed by atoms with Crippen LogP contribution in [0.4, 0.5) is 5.69 Å². The third kappa shape index (κ3) is 5.14. The summed E-state index contributed by atoms with van der Waals surface area (Å²) in [5.41, 5.74) is 2.92. The summed E-state index contributed by atoms with van der Waals surface area (Å²) < 4.78 is 5.22. The monoisotopic (exact) mass is 440 g/mol. The number of carbonyl (C=O) groups excluding carboxylic acids is 4. The molecule has 0 aromatic heterocycles. The van der Waals surface area contributed by atoms with Crippen LogP contribution in [0.25, 0.3) is 0 Å². The largest absolute Gasteiger partial charge is 0.452 e. The lowest BCUT2D eigenvalue weighted by molar-refractivity contribution is -0.136. The highest BCUT2D eigenvalue weighted by Crippen LogP contribution is 2.33. The van der Waals surface area contributed by atoms with E-state index in [9.17, 15) is 19.2 Å². The molecule has 7 nitrogen and oxygen atoms in total. The van der Waals surface area contributed by atoms with Gasteiger partial charge in [-0.25, -0.2) is 4.79 Å². The van der Waals surface area contributed by atoms with Gasteiger partial charge in [0.05, 0.1) is 10.8 Å². The zero-order chi connectivity index (χ0) is 22.5. The Balaban J connectivity index is 1.65. The summed E-state index contributed by atoms with van der Waals surface area (Å²) in [5, 5.41) is 2.24. The molecular formula is C23H24N2O5S. The van der Waals surface area contributed by atoms with E-state index in [1.165, 1.54) is 7.05 Å². The Morgan fingerprint density at radius 3 is 2.58 bits per heavy atom. The first kappa shape index (κ1) is 22.6. The van der Waals surface area contributed by atoms with Gasteiger partial charge in [0.25, 0.3) is 5.91 Å². The van der Waals surface area contributed by atoms with Crippen molar-refractivity contribution in [1.82, 2.24) is 4.90 Å². The van der Waals surface area contributed by atoms with Crippen LogP contribution in [0.5, 0.6) is 0 Å². The Bertz CT molecular complexity index is 1040. The summed E-state index contributed by atoms with van der Waals surface area (Å²) >= 11 is 1.15. The van der Waals surface area contributed by atoms with Gasteiger partial charge >= 0.3 is 5.97 Å². The Kier molecular flexibility index (Phi) is 7.12. The van der Waals surface area contributed by atoms with Gasteiger partial charge in [0.1, 0.15) is 0 Å². The van der Waals surface area contributed by atoms with E-state index in [1.807, 2.05) is 32.0 Å². The van der Waals surface area contributed by atoms with Crippen LogP contribution in [-0.2, 0) is 25.5 Å². The zero-order valence-corrected chi connectivity index (χ0v) is 18.5. The van der Waals surface area contributed by atoms with Crippen molar-refractivity contribution in [2.45, 2.75) is 36.8 Å². The van der Waals surface area contributed by atoms with Crippen LogP contribution in [0, 0.1) is 6.92 Å². The second-order valence-corrected chi connectivity index (χ2v) is 8.43. The average molecular weight is 441 g/mol. The maximum atomic E-state index is 12.6. The highest BCUT2D eigenvalue weighted by atomic mass is 32.2. The van der Waals surface area contributed by atoms with Gasteiger partial charge in [0.2, 0.25) is 11.8 Å². The van der Waals surface area contributed by atoms with Crippen molar-refractivity contribution in [1.29, 1.82) is 0 Å². The maximum Gasteiger partial charge on any atom is 0.339 e. The average Bonchev–Trinajstić information content (AvgIpc) is 3.00. The molecule has 1 N–H and O–H groups in total. The molecule has 0 aliphatic carbocycles. The van der Waals surface area contributed by atoms with Gasteiger partial charge in [-0.15, -0.1) is 11.8 Å². The fraction of sp³-hybridized carbons (Fsp3) is 0.304. The number of nitrogens with zero attached hydrogens (tertiary/aromatic N) is 1. The van der Waals surface area contributed by atoms with E-state index in [1.54, 1.807) is 24.3 Å². The molecule has 1 aliphatic rings. The van der Waals surface area contributed by atoms with Crippen LogP contribution in [0.2, 0.25) is 0 Å². The number of hydrogen-bond acceptors (Lipinski definition) is 6. The summed E-state index contributed by atoms with van der Waals surface area (Å²) in [6.45, 7) is 3.47. The number of carbonyl (C=O) groups is 4. The normalized spacial score (nSPS) is 15.8. The number of rotatable bonds is 7. The quantitative estimate of drug-likeness (QED) is 0.525. The van der Waals surface area contributed by atoms with Crippen molar-refractivity contribution < 1.29 is 23.9 Å². The van der Waals surface area contributed by atoms with Crippen LogP contribution in [-0.4, -0.2) is 47.5 Å². The Morgan fingerprint density at radius 2 is 1.90 bits per heavy atom. The number of esters is 1. The molecule has 2 aromatic rings. The lowest BCUT2D eigenvalue weighted by Gasteiger charge is -2.14. The second-order valence-electron chi connectivity index (χ2n) is 7.18. The first-order valence-electron chi connectivity index (χ1n) is 9.93. The van der Waals surface area contributed by atoms with E-state index in [0.717, 1.165) is 39.9 Å². The number of nitrogens with one attached hydrogen (secondary N) is 1. The molecular weight excluding hydrogens is 416 g/mol. The summed E-state index contributed by atoms with van der Waals surface area (Å²) in [7, 11) is 1.45. The fourth-order valence-corrected chi connectivity index (χ4v) is 4.52. The SMILES string of the molecule is CCc1cccc(C)c1NC(=O)COC(=O)c1ccccc1SC1CC(=O)N(C)C1=O. The van der Waals surface area contributed by atoms with Crippen molar-refractivity contribution >= 4 is 41.1 Å². The molecule has 3 amide bonds. The number of ether oxygens (including phenoxy) is 1. The standard InChI is InChI=1S/C23H24N2O5S/c1-4-15-9-7-8-14(2)21(15)24-19(26)13-30-23(29)16-10-5-6-11-17(16)31-18-12-20(27)25(3)22(18)28/h5-11,18H,4,12-13H2,1-3H3,(H,24,26). The van der Waals surface area contributed by atoms with Crippen LogP contribution >= 0.6 is 11.8 Å². The summed E-state index contributed by atoms with van der Waals surface area (Å²) in [4.78, 5) is 50.6. The highest BCUT2D eigenvalue weighted by molar-refractivity contribution is 8.00. The molecule has 1 atom stereocenters. The van der Waals surface area contributed by atoms with Gasteiger partial charge in [-0.2, -0.15) is 0 Å². The third-order valence-corrected chi connectivity index (χ3v) is 6.32. The molecule has 0 bridgehead atoms. The van der Waals surface area contributed by atoms with Crippen molar-refractivity contribution in [3.63, 3.8) is 0 Å². The minimum Gasteiger partial charge on any atom is -0.452 e. The van der Waals surface area contributed by atoms with Gasteiger partial charge in [0, 0.05) is 24.1 Å². The van der Waals surface area contributed by atoms with E-state index in [2.05, 4.69) is 5.32 Å². The summed E-state index contributed by atoms with van der Waals surface area (Å²) in [6, 6.07) is 12.5. The number of hydrogen-bond donors (Lipinski definition) is 1. The van der Waals surface area contributed by atoms with E-state index in [4.69, 9.17) is 4.74 Å². The molecule has 8 heteroatoms. The van der Waals surface area contributed by atoms with Gasteiger partial charge in [-0.3, -0.25) is 19.3 Å². The number of aryl methyl sites for hydroxylation is 2. The number of anilines is 1. The first-order chi connectivity index (χ1) is 14.8. The molecule has 1 unspecified atom stereocenters. The van der Waals surface area contributed by atoms with Crippen LogP contribution < -0.4 is 5.32 Å². The topological polar surface area (TPSA) is 92.8 Å². The predicted octanol–water partition coefficient (Wildman–Crippen LogP) is 3.20. The van der Waals surface area contributed by atoms with Crippen LogP contribution in [0.15, 0.2) is 47.4 Å². The number of benzene rings is 2. The maximum absolute atomic E-state index is 12.6. The van der Waals surface area contributed by atoms with Crippen LogP contribution in [0.3, 0.4) is 0 Å². The number of likely N-dealkylation sites (tertiary alicyclic amines) is 1. The van der Waals surface area contributed by atoms with Crippen molar-refractivity contribution in [2.24, 2.45) is 0 Å². The summed E-state index contributed by atoms with van der Waals surface area (Å²) in [5.74, 6) is -1.63. The Morgan fingerprint density at radius 1 is 1.16 bits per heavy atom. The molecule has 1 aliphatic heterocycles. The Hall–Kier alpha value is -3.13. The summed E-state index contributed by atoms with van der Waals surface area (Å²) in [6.07, 6.45) is 0.848. The molecule has 2 aromatic carbocycles. The lowest BCUT2D eigenvalue weighted by atomic mass is 10.1. The van der Waals surface area contributed by atoms with Gasteiger partial charge < -0.3 is 10.1 Å². The fourth-order valence-electron chi connectivity index (χ4n) is 3.29. The van der Waals surface area contributed by atoms with Gasteiger partial charge in [-0.05, 0) is 36.6 Å². The van der Waals surface area contributed by atoms with Crippen molar-refractivity contribution in [3.8, 4) is 0 Å². The zero-order valence-electron chi connectivity index (χ0n) is 17.6. The molecule has 0 spiro atoms. The molecule has 162 valence electrons. The number of para-hydroxylation sites is 1. The Labute approximate surface area is 185 Å². The highest BCUT2D eigenvalue weighted by Gasteiger charge is 2.37. The predicted molar refractivity (Wildman–Crippen MR) is 118 cm³/mol.